The largest absolute Gasteiger partial charge is 0.280 e. The zero-order valence-electron chi connectivity index (χ0n) is 14.8. The van der Waals surface area contributed by atoms with Crippen LogP contribution in [0, 0.1) is 6.92 Å². The van der Waals surface area contributed by atoms with Crippen molar-refractivity contribution in [3.63, 3.8) is 0 Å². The van der Waals surface area contributed by atoms with Crippen molar-refractivity contribution < 1.29 is 8.42 Å². The van der Waals surface area contributed by atoms with Crippen molar-refractivity contribution in [2.45, 2.75) is 11.8 Å². The van der Waals surface area contributed by atoms with E-state index in [0.29, 0.717) is 5.69 Å². The Balaban J connectivity index is 1.61. The minimum Gasteiger partial charge on any atom is -0.280 e. The van der Waals surface area contributed by atoms with E-state index in [0.717, 1.165) is 27.5 Å². The van der Waals surface area contributed by atoms with Gasteiger partial charge in [0.1, 0.15) is 0 Å². The summed E-state index contributed by atoms with van der Waals surface area (Å²) in [5.41, 5.74) is 3.67. The molecule has 4 aromatic rings. The first kappa shape index (κ1) is 17.2. The van der Waals surface area contributed by atoms with Crippen molar-refractivity contribution in [1.29, 1.82) is 0 Å². The van der Waals surface area contributed by atoms with Crippen molar-refractivity contribution in [3.05, 3.63) is 90.8 Å². The summed E-state index contributed by atoms with van der Waals surface area (Å²) >= 11 is 0. The van der Waals surface area contributed by atoms with Gasteiger partial charge in [-0.2, -0.15) is 0 Å². The molecule has 0 aliphatic heterocycles. The highest BCUT2D eigenvalue weighted by Crippen LogP contribution is 2.25. The molecule has 0 aliphatic rings. The van der Waals surface area contributed by atoms with Gasteiger partial charge in [-0.05, 0) is 59.2 Å². The fraction of sp³-hybridized carbons (Fsp3) is 0.0455. The molecule has 0 fully saturated rings. The van der Waals surface area contributed by atoms with E-state index in [2.05, 4.69) is 9.71 Å². The fourth-order valence-electron chi connectivity index (χ4n) is 3.03. The predicted octanol–water partition coefficient (Wildman–Crippen LogP) is 5.01. The maximum Gasteiger partial charge on any atom is 0.261 e. The number of hydrogen-bond acceptors (Lipinski definition) is 3. The Morgan fingerprint density at radius 1 is 0.852 bits per heavy atom. The lowest BCUT2D eigenvalue weighted by Gasteiger charge is -2.10. The maximum absolute atomic E-state index is 12.7. The van der Waals surface area contributed by atoms with Crippen molar-refractivity contribution >= 4 is 26.5 Å². The average Bonchev–Trinajstić information content (AvgIpc) is 2.68. The number of anilines is 1. The number of pyridine rings is 1. The second-order valence-electron chi connectivity index (χ2n) is 6.38. The Morgan fingerprint density at radius 2 is 1.59 bits per heavy atom. The first-order valence-electron chi connectivity index (χ1n) is 8.56. The van der Waals surface area contributed by atoms with Crippen LogP contribution in [0.5, 0.6) is 0 Å². The second-order valence-corrected chi connectivity index (χ2v) is 8.06. The molecule has 4 nitrogen and oxygen atoms in total. The Hall–Kier alpha value is -3.18. The van der Waals surface area contributed by atoms with Crippen molar-refractivity contribution in [3.8, 4) is 11.1 Å². The summed E-state index contributed by atoms with van der Waals surface area (Å²) in [6, 6.07) is 22.1. The number of rotatable bonds is 4. The summed E-state index contributed by atoms with van der Waals surface area (Å²) in [5.74, 6) is 0. The fourth-order valence-corrected chi connectivity index (χ4v) is 4.13. The van der Waals surface area contributed by atoms with Gasteiger partial charge in [-0.15, -0.1) is 0 Å². The van der Waals surface area contributed by atoms with E-state index in [9.17, 15) is 8.42 Å². The highest BCUT2D eigenvalue weighted by atomic mass is 32.2. The summed E-state index contributed by atoms with van der Waals surface area (Å²) in [6.45, 7) is 2.02. The van der Waals surface area contributed by atoms with Crippen LogP contribution in [0.15, 0.2) is 90.1 Å². The molecule has 4 rings (SSSR count). The second kappa shape index (κ2) is 6.85. The number of sulfonamides is 1. The van der Waals surface area contributed by atoms with E-state index in [1.165, 1.54) is 0 Å². The third-order valence-corrected chi connectivity index (χ3v) is 5.90. The molecule has 1 aromatic heterocycles. The van der Waals surface area contributed by atoms with E-state index < -0.39 is 10.0 Å². The summed E-state index contributed by atoms with van der Waals surface area (Å²) in [6.07, 6.45) is 3.56. The van der Waals surface area contributed by atoms with Gasteiger partial charge in [-0.1, -0.05) is 42.5 Å². The maximum atomic E-state index is 12.7. The van der Waals surface area contributed by atoms with Crippen LogP contribution < -0.4 is 4.72 Å². The minimum absolute atomic E-state index is 0.244. The van der Waals surface area contributed by atoms with Crippen LogP contribution in [-0.2, 0) is 10.0 Å². The molecular formula is C22H18N2O2S. The van der Waals surface area contributed by atoms with Gasteiger partial charge in [-0.25, -0.2) is 8.42 Å². The van der Waals surface area contributed by atoms with Gasteiger partial charge in [0.15, 0.2) is 0 Å². The molecule has 0 unspecified atom stereocenters. The first-order valence-corrected chi connectivity index (χ1v) is 10.0. The molecule has 5 heteroatoms. The number of benzene rings is 3. The lowest BCUT2D eigenvalue weighted by Crippen LogP contribution is -2.12. The van der Waals surface area contributed by atoms with Crippen LogP contribution in [0.2, 0.25) is 0 Å². The van der Waals surface area contributed by atoms with Crippen LogP contribution in [0.3, 0.4) is 0 Å². The van der Waals surface area contributed by atoms with Gasteiger partial charge >= 0.3 is 0 Å². The Morgan fingerprint density at radius 3 is 2.33 bits per heavy atom. The Kier molecular flexibility index (Phi) is 4.38. The summed E-state index contributed by atoms with van der Waals surface area (Å²) in [5, 5.41) is 1.90. The number of fused-ring (bicyclic) bond motifs is 1. The molecule has 0 saturated carbocycles. The number of nitrogens with zero attached hydrogens (tertiary/aromatic N) is 1. The van der Waals surface area contributed by atoms with Crippen molar-refractivity contribution in [2.75, 3.05) is 4.72 Å². The van der Waals surface area contributed by atoms with E-state index in [-0.39, 0.29) is 4.90 Å². The van der Waals surface area contributed by atoms with E-state index in [4.69, 9.17) is 0 Å². The van der Waals surface area contributed by atoms with Gasteiger partial charge in [-0.3, -0.25) is 9.71 Å². The monoisotopic (exact) mass is 374 g/mol. The van der Waals surface area contributed by atoms with Crippen LogP contribution in [0.25, 0.3) is 21.9 Å². The molecule has 0 radical (unpaired) electrons. The van der Waals surface area contributed by atoms with Crippen LogP contribution in [-0.4, -0.2) is 13.4 Å². The van der Waals surface area contributed by atoms with Gasteiger partial charge in [0, 0.05) is 23.6 Å². The van der Waals surface area contributed by atoms with Crippen molar-refractivity contribution in [2.24, 2.45) is 0 Å². The number of nitrogens with one attached hydrogen (secondary N) is 1. The molecule has 0 atom stereocenters. The molecule has 0 amide bonds. The van der Waals surface area contributed by atoms with Crippen LogP contribution >= 0.6 is 0 Å². The third kappa shape index (κ3) is 3.55. The van der Waals surface area contributed by atoms with Gasteiger partial charge < -0.3 is 0 Å². The van der Waals surface area contributed by atoms with Crippen molar-refractivity contribution in [1.82, 2.24) is 4.98 Å². The first-order chi connectivity index (χ1) is 13.0. The molecule has 1 N–H and O–H groups in total. The van der Waals surface area contributed by atoms with E-state index in [1.54, 1.807) is 30.5 Å². The molecule has 27 heavy (non-hydrogen) atoms. The topological polar surface area (TPSA) is 59.1 Å². The van der Waals surface area contributed by atoms with Gasteiger partial charge in [0.25, 0.3) is 10.0 Å². The Bertz CT molecular complexity index is 1220. The molecule has 0 aliphatic carbocycles. The average molecular weight is 374 g/mol. The van der Waals surface area contributed by atoms with Gasteiger partial charge in [0.05, 0.1) is 4.90 Å². The smallest absolute Gasteiger partial charge is 0.261 e. The summed E-state index contributed by atoms with van der Waals surface area (Å²) in [4.78, 5) is 4.40. The molecule has 134 valence electrons. The standard InChI is InChI=1S/C22H18N2O2S/c1-16-12-13-23-15-22(16)18-6-9-20(10-7-18)24-27(25,26)21-11-8-17-4-2-3-5-19(17)14-21/h2-15,24H,1H3. The van der Waals surface area contributed by atoms with Crippen LogP contribution in [0.4, 0.5) is 5.69 Å². The highest BCUT2D eigenvalue weighted by molar-refractivity contribution is 7.92. The molecule has 0 spiro atoms. The third-order valence-electron chi connectivity index (χ3n) is 4.52. The Labute approximate surface area is 158 Å². The van der Waals surface area contributed by atoms with Gasteiger partial charge in [0.2, 0.25) is 0 Å². The summed E-state index contributed by atoms with van der Waals surface area (Å²) < 4.78 is 28.1. The molecule has 1 heterocycles. The zero-order valence-corrected chi connectivity index (χ0v) is 15.6. The molecule has 0 bridgehead atoms. The number of hydrogen-bond donors (Lipinski definition) is 1. The predicted molar refractivity (Wildman–Crippen MR) is 109 cm³/mol. The highest BCUT2D eigenvalue weighted by Gasteiger charge is 2.15. The minimum atomic E-state index is -3.65. The van der Waals surface area contributed by atoms with Crippen LogP contribution in [0.1, 0.15) is 5.56 Å². The lowest BCUT2D eigenvalue weighted by atomic mass is 10.0. The zero-order chi connectivity index (χ0) is 18.9. The molecule has 0 saturated heterocycles. The van der Waals surface area contributed by atoms with E-state index in [1.807, 2.05) is 61.7 Å². The normalized spacial score (nSPS) is 11.4. The SMILES string of the molecule is Cc1ccncc1-c1ccc(NS(=O)(=O)c2ccc3ccccc3c2)cc1. The van der Waals surface area contributed by atoms with E-state index >= 15 is 0 Å². The lowest BCUT2D eigenvalue weighted by molar-refractivity contribution is 0.601. The molecule has 3 aromatic carbocycles. The number of aromatic nitrogens is 1. The summed E-state index contributed by atoms with van der Waals surface area (Å²) in [7, 11) is -3.65. The number of aryl methyl sites for hydroxylation is 1. The molecular weight excluding hydrogens is 356 g/mol. The quantitative estimate of drug-likeness (QED) is 0.546.